The molecule has 0 fully saturated rings. The molecule has 0 spiro atoms. The summed E-state index contributed by atoms with van der Waals surface area (Å²) in [5.74, 6) is -0.681. The summed E-state index contributed by atoms with van der Waals surface area (Å²) < 4.78 is 1.91. The van der Waals surface area contributed by atoms with Crippen molar-refractivity contribution in [3.05, 3.63) is 66.8 Å². The average Bonchev–Trinajstić information content (AvgIpc) is 2.53. The number of hydrogen-bond donors (Lipinski definition) is 3. The minimum absolute atomic E-state index is 0.119. The predicted octanol–water partition coefficient (Wildman–Crippen LogP) is -1.76. The van der Waals surface area contributed by atoms with E-state index in [0.717, 1.165) is 15.2 Å². The van der Waals surface area contributed by atoms with Crippen molar-refractivity contribution < 1.29 is 9.90 Å². The Kier molecular flexibility index (Phi) is 4.60. The molecule has 0 aromatic carbocycles. The fraction of sp³-hybridized carbons (Fsp3) is 0.286. The first-order valence-corrected chi connectivity index (χ1v) is 6.74. The molecule has 2 rings (SSSR count). The van der Waals surface area contributed by atoms with Crippen molar-refractivity contribution >= 4 is 5.91 Å². The molecule has 0 saturated heterocycles. The van der Waals surface area contributed by atoms with Gasteiger partial charge in [0.15, 0.2) is 0 Å². The van der Waals surface area contributed by atoms with E-state index in [1.54, 1.807) is 0 Å². The summed E-state index contributed by atoms with van der Waals surface area (Å²) in [7, 11) is 2.67. The van der Waals surface area contributed by atoms with Gasteiger partial charge in [-0.05, 0) is 6.07 Å². The van der Waals surface area contributed by atoms with Crippen LogP contribution in [0.2, 0.25) is 0 Å². The lowest BCUT2D eigenvalue weighted by Crippen LogP contribution is -2.41. The number of amides is 1. The Balaban J connectivity index is 2.16. The number of rotatable bonds is 4. The van der Waals surface area contributed by atoms with E-state index in [-0.39, 0.29) is 23.5 Å². The third kappa shape index (κ3) is 3.46. The minimum atomic E-state index is -1.13. The molecule has 0 aliphatic rings. The molecule has 2 aromatic rings. The lowest BCUT2D eigenvalue weighted by atomic mass is 10.2. The Hall–Kier alpha value is -2.94. The molecule has 2 aromatic heterocycles. The van der Waals surface area contributed by atoms with Gasteiger partial charge in [0.25, 0.3) is 11.5 Å². The van der Waals surface area contributed by atoms with Crippen LogP contribution in [0.1, 0.15) is 22.3 Å². The Morgan fingerprint density at radius 2 is 1.96 bits per heavy atom. The monoisotopic (exact) mass is 320 g/mol. The normalized spacial score (nSPS) is 12.0. The van der Waals surface area contributed by atoms with Gasteiger partial charge in [-0.15, -0.1) is 0 Å². The number of pyridine rings is 1. The Morgan fingerprint density at radius 1 is 1.26 bits per heavy atom. The number of aromatic nitrogens is 3. The van der Waals surface area contributed by atoms with Crippen molar-refractivity contribution in [3.8, 4) is 0 Å². The summed E-state index contributed by atoms with van der Waals surface area (Å²) in [6.07, 6.45) is -1.13. The highest BCUT2D eigenvalue weighted by Crippen LogP contribution is 2.06. The van der Waals surface area contributed by atoms with Crippen LogP contribution in [-0.4, -0.2) is 31.7 Å². The lowest BCUT2D eigenvalue weighted by molar-refractivity contribution is 0.0904. The fourth-order valence-corrected chi connectivity index (χ4v) is 2.00. The topological polar surface area (TPSA) is 126 Å². The largest absolute Gasteiger partial charge is 0.385 e. The molecule has 23 heavy (non-hydrogen) atoms. The van der Waals surface area contributed by atoms with Gasteiger partial charge in [-0.2, -0.15) is 0 Å². The third-order valence-electron chi connectivity index (χ3n) is 3.36. The van der Waals surface area contributed by atoms with Crippen molar-refractivity contribution in [1.82, 2.24) is 19.4 Å². The summed E-state index contributed by atoms with van der Waals surface area (Å²) in [5.41, 5.74) is -1.48. The standard InChI is InChI=1S/C14H16N4O5/c1-17-9(6-12(21)18(2)14(17)23)13(22)15-7-10(19)8-4-3-5-11(20)16-8/h3-6,10,19H,7H2,1-2H3,(H,15,22)(H,16,20). The van der Waals surface area contributed by atoms with E-state index in [9.17, 15) is 24.3 Å². The van der Waals surface area contributed by atoms with Crippen LogP contribution in [0.15, 0.2) is 38.6 Å². The minimum Gasteiger partial charge on any atom is -0.385 e. The summed E-state index contributed by atoms with van der Waals surface area (Å²) in [6, 6.07) is 5.31. The van der Waals surface area contributed by atoms with Crippen LogP contribution in [0.25, 0.3) is 0 Å². The molecule has 0 bridgehead atoms. The molecule has 0 aliphatic carbocycles. The molecular formula is C14H16N4O5. The van der Waals surface area contributed by atoms with Gasteiger partial charge in [0.2, 0.25) is 5.56 Å². The number of carbonyl (C=O) groups excluding carboxylic acids is 1. The molecule has 3 N–H and O–H groups in total. The second kappa shape index (κ2) is 6.44. The first-order chi connectivity index (χ1) is 10.8. The number of aromatic amines is 1. The van der Waals surface area contributed by atoms with Crippen LogP contribution >= 0.6 is 0 Å². The van der Waals surface area contributed by atoms with Crippen molar-refractivity contribution in [2.75, 3.05) is 6.54 Å². The Labute approximate surface area is 129 Å². The lowest BCUT2D eigenvalue weighted by Gasteiger charge is -2.13. The summed E-state index contributed by atoms with van der Waals surface area (Å²) in [4.78, 5) is 49.1. The maximum atomic E-state index is 12.1. The van der Waals surface area contributed by atoms with Gasteiger partial charge in [0, 0.05) is 38.5 Å². The van der Waals surface area contributed by atoms with E-state index < -0.39 is 23.3 Å². The third-order valence-corrected chi connectivity index (χ3v) is 3.36. The van der Waals surface area contributed by atoms with E-state index in [4.69, 9.17) is 0 Å². The molecule has 0 saturated carbocycles. The highest BCUT2D eigenvalue weighted by Gasteiger charge is 2.15. The zero-order chi connectivity index (χ0) is 17.1. The van der Waals surface area contributed by atoms with Crippen LogP contribution in [0.3, 0.4) is 0 Å². The van der Waals surface area contributed by atoms with Crippen molar-refractivity contribution in [3.63, 3.8) is 0 Å². The molecule has 1 atom stereocenters. The molecule has 122 valence electrons. The van der Waals surface area contributed by atoms with E-state index in [1.807, 2.05) is 0 Å². The second-order valence-electron chi connectivity index (χ2n) is 4.96. The molecule has 0 radical (unpaired) electrons. The van der Waals surface area contributed by atoms with Crippen molar-refractivity contribution in [2.45, 2.75) is 6.10 Å². The number of aliphatic hydroxyl groups excluding tert-OH is 1. The molecule has 2 heterocycles. The number of carbonyl (C=O) groups is 1. The first kappa shape index (κ1) is 16.4. The molecule has 9 heteroatoms. The quantitative estimate of drug-likeness (QED) is 0.615. The maximum absolute atomic E-state index is 12.1. The fourth-order valence-electron chi connectivity index (χ4n) is 2.00. The van der Waals surface area contributed by atoms with Gasteiger partial charge in [0.1, 0.15) is 11.8 Å². The maximum Gasteiger partial charge on any atom is 0.331 e. The highest BCUT2D eigenvalue weighted by molar-refractivity contribution is 5.92. The number of aliphatic hydroxyl groups is 1. The summed E-state index contributed by atoms with van der Waals surface area (Å²) in [5, 5.41) is 12.4. The van der Waals surface area contributed by atoms with Crippen LogP contribution in [-0.2, 0) is 14.1 Å². The Morgan fingerprint density at radius 3 is 2.61 bits per heavy atom. The number of hydrogen-bond acceptors (Lipinski definition) is 5. The van der Waals surface area contributed by atoms with Gasteiger partial charge in [0.05, 0.1) is 0 Å². The van der Waals surface area contributed by atoms with Gasteiger partial charge in [-0.3, -0.25) is 23.5 Å². The zero-order valence-electron chi connectivity index (χ0n) is 12.6. The first-order valence-electron chi connectivity index (χ1n) is 6.74. The van der Waals surface area contributed by atoms with E-state index >= 15 is 0 Å². The molecule has 1 amide bonds. The summed E-state index contributed by atoms with van der Waals surface area (Å²) >= 11 is 0. The molecule has 1 unspecified atom stereocenters. The predicted molar refractivity (Wildman–Crippen MR) is 81.3 cm³/mol. The van der Waals surface area contributed by atoms with Crippen molar-refractivity contribution in [2.24, 2.45) is 14.1 Å². The van der Waals surface area contributed by atoms with Gasteiger partial charge in [-0.25, -0.2) is 4.79 Å². The van der Waals surface area contributed by atoms with E-state index in [0.29, 0.717) is 0 Å². The van der Waals surface area contributed by atoms with Gasteiger partial charge in [-0.1, -0.05) is 6.07 Å². The van der Waals surface area contributed by atoms with Crippen molar-refractivity contribution in [1.29, 1.82) is 0 Å². The molecule has 0 aliphatic heterocycles. The van der Waals surface area contributed by atoms with Gasteiger partial charge >= 0.3 is 5.69 Å². The van der Waals surface area contributed by atoms with Crippen LogP contribution in [0.4, 0.5) is 0 Å². The van der Waals surface area contributed by atoms with Crippen LogP contribution < -0.4 is 22.1 Å². The second-order valence-corrected chi connectivity index (χ2v) is 4.96. The summed E-state index contributed by atoms with van der Waals surface area (Å²) in [6.45, 7) is -0.192. The zero-order valence-corrected chi connectivity index (χ0v) is 12.6. The van der Waals surface area contributed by atoms with E-state index in [2.05, 4.69) is 10.3 Å². The highest BCUT2D eigenvalue weighted by atomic mass is 16.3. The van der Waals surface area contributed by atoms with E-state index in [1.165, 1.54) is 32.3 Å². The number of nitrogens with zero attached hydrogens (tertiary/aromatic N) is 2. The smallest absolute Gasteiger partial charge is 0.331 e. The SMILES string of the molecule is Cn1c(C(=O)NCC(O)c2cccc(=O)[nH]2)cc(=O)n(C)c1=O. The number of nitrogens with one attached hydrogen (secondary N) is 2. The van der Waals surface area contributed by atoms with Gasteiger partial charge < -0.3 is 15.4 Å². The average molecular weight is 320 g/mol. The van der Waals surface area contributed by atoms with Crippen LogP contribution in [0.5, 0.6) is 0 Å². The Bertz CT molecular complexity index is 908. The van der Waals surface area contributed by atoms with Crippen LogP contribution in [0, 0.1) is 0 Å². The number of H-pyrrole nitrogens is 1. The molecule has 9 nitrogen and oxygen atoms in total. The molecular weight excluding hydrogens is 304 g/mol.